The van der Waals surface area contributed by atoms with E-state index in [2.05, 4.69) is 10.6 Å². The van der Waals surface area contributed by atoms with Gasteiger partial charge < -0.3 is 20.5 Å². The van der Waals surface area contributed by atoms with E-state index in [1.54, 1.807) is 0 Å². The lowest BCUT2D eigenvalue weighted by atomic mass is 9.80. The lowest BCUT2D eigenvalue weighted by Gasteiger charge is -2.33. The maximum absolute atomic E-state index is 11.8. The largest absolute Gasteiger partial charge is 0.481 e. The van der Waals surface area contributed by atoms with Crippen LogP contribution in [0.2, 0.25) is 0 Å². The van der Waals surface area contributed by atoms with Crippen LogP contribution >= 0.6 is 0 Å². The van der Waals surface area contributed by atoms with Crippen LogP contribution in [-0.2, 0) is 14.3 Å². The third-order valence-electron chi connectivity index (χ3n) is 3.75. The molecular formula is C15H20N2O4. The lowest BCUT2D eigenvalue weighted by molar-refractivity contribution is -0.154. The first-order chi connectivity index (χ1) is 10.1. The van der Waals surface area contributed by atoms with Gasteiger partial charge in [-0.05, 0) is 25.0 Å². The molecule has 1 saturated heterocycles. The Morgan fingerprint density at radius 2 is 1.86 bits per heavy atom. The molecule has 0 spiro atoms. The highest BCUT2D eigenvalue weighted by molar-refractivity contribution is 5.82. The van der Waals surface area contributed by atoms with Gasteiger partial charge in [-0.3, -0.25) is 9.59 Å². The summed E-state index contributed by atoms with van der Waals surface area (Å²) in [7, 11) is 0. The Hall–Kier alpha value is -2.08. The van der Waals surface area contributed by atoms with Crippen molar-refractivity contribution in [1.29, 1.82) is 0 Å². The van der Waals surface area contributed by atoms with Crippen LogP contribution in [0.25, 0.3) is 0 Å². The first kappa shape index (κ1) is 15.3. The van der Waals surface area contributed by atoms with E-state index in [4.69, 9.17) is 4.74 Å². The third-order valence-corrected chi connectivity index (χ3v) is 3.75. The monoisotopic (exact) mass is 292 g/mol. The summed E-state index contributed by atoms with van der Waals surface area (Å²) >= 11 is 0. The molecule has 6 nitrogen and oxygen atoms in total. The summed E-state index contributed by atoms with van der Waals surface area (Å²) in [6, 6.07) is 9.38. The number of carboxylic acid groups (broad SMARTS) is 1. The van der Waals surface area contributed by atoms with E-state index in [-0.39, 0.29) is 19.0 Å². The first-order valence-electron chi connectivity index (χ1n) is 6.99. The number of rotatable bonds is 6. The number of amides is 1. The molecule has 0 aromatic heterocycles. The van der Waals surface area contributed by atoms with E-state index in [9.17, 15) is 14.7 Å². The van der Waals surface area contributed by atoms with Crippen molar-refractivity contribution in [1.82, 2.24) is 5.32 Å². The van der Waals surface area contributed by atoms with Gasteiger partial charge in [0, 0.05) is 25.4 Å². The van der Waals surface area contributed by atoms with Gasteiger partial charge >= 0.3 is 5.97 Å². The van der Waals surface area contributed by atoms with Gasteiger partial charge in [0.25, 0.3) is 0 Å². The third kappa shape index (κ3) is 4.19. The molecule has 1 aliphatic rings. The fourth-order valence-corrected chi connectivity index (χ4v) is 2.30. The average Bonchev–Trinajstić information content (AvgIpc) is 2.52. The molecule has 1 aliphatic heterocycles. The number of anilines is 1. The highest BCUT2D eigenvalue weighted by atomic mass is 16.5. The second-order valence-corrected chi connectivity index (χ2v) is 5.19. The Morgan fingerprint density at radius 3 is 2.48 bits per heavy atom. The SMILES string of the molecule is O=C(CNc1ccccc1)NCC1(C(=O)O)CCOCC1. The Morgan fingerprint density at radius 1 is 1.19 bits per heavy atom. The number of ether oxygens (including phenoxy) is 1. The molecule has 0 aliphatic carbocycles. The van der Waals surface area contributed by atoms with Crippen LogP contribution in [0.1, 0.15) is 12.8 Å². The van der Waals surface area contributed by atoms with Crippen molar-refractivity contribution in [2.45, 2.75) is 12.8 Å². The van der Waals surface area contributed by atoms with E-state index in [0.29, 0.717) is 26.1 Å². The Labute approximate surface area is 123 Å². The maximum atomic E-state index is 11.8. The second-order valence-electron chi connectivity index (χ2n) is 5.19. The summed E-state index contributed by atoms with van der Waals surface area (Å²) in [6.07, 6.45) is 0.851. The number of hydrogen-bond acceptors (Lipinski definition) is 4. The van der Waals surface area contributed by atoms with E-state index in [1.165, 1.54) is 0 Å². The van der Waals surface area contributed by atoms with E-state index >= 15 is 0 Å². The van der Waals surface area contributed by atoms with Gasteiger partial charge in [-0.15, -0.1) is 0 Å². The predicted octanol–water partition coefficient (Wildman–Crippen LogP) is 1.10. The molecule has 1 fully saturated rings. The van der Waals surface area contributed by atoms with Crippen LogP contribution in [0.3, 0.4) is 0 Å². The molecule has 114 valence electrons. The second kappa shape index (κ2) is 7.08. The molecule has 0 unspecified atom stereocenters. The molecule has 21 heavy (non-hydrogen) atoms. The van der Waals surface area contributed by atoms with E-state index in [0.717, 1.165) is 5.69 Å². The van der Waals surface area contributed by atoms with Gasteiger partial charge in [0.2, 0.25) is 5.91 Å². The number of carboxylic acids is 1. The lowest BCUT2D eigenvalue weighted by Crippen LogP contribution is -2.47. The zero-order chi connectivity index (χ0) is 15.1. The normalized spacial score (nSPS) is 17.0. The Bertz CT molecular complexity index is 484. The van der Waals surface area contributed by atoms with E-state index < -0.39 is 11.4 Å². The average molecular weight is 292 g/mol. The van der Waals surface area contributed by atoms with Gasteiger partial charge in [-0.25, -0.2) is 0 Å². The fraction of sp³-hybridized carbons (Fsp3) is 0.467. The molecular weight excluding hydrogens is 272 g/mol. The molecule has 1 heterocycles. The Kier molecular flexibility index (Phi) is 5.16. The quantitative estimate of drug-likeness (QED) is 0.730. The molecule has 0 radical (unpaired) electrons. The maximum Gasteiger partial charge on any atom is 0.311 e. The van der Waals surface area contributed by atoms with Gasteiger partial charge in [-0.2, -0.15) is 0 Å². The summed E-state index contributed by atoms with van der Waals surface area (Å²) < 4.78 is 5.20. The molecule has 2 rings (SSSR count). The number of carbonyl (C=O) groups is 2. The van der Waals surface area contributed by atoms with Crippen LogP contribution < -0.4 is 10.6 Å². The number of carbonyl (C=O) groups excluding carboxylic acids is 1. The van der Waals surface area contributed by atoms with Crippen molar-refractivity contribution in [2.75, 3.05) is 31.6 Å². The summed E-state index contributed by atoms with van der Waals surface area (Å²) in [6.45, 7) is 1.10. The van der Waals surface area contributed by atoms with Crippen LogP contribution in [0.4, 0.5) is 5.69 Å². The minimum Gasteiger partial charge on any atom is -0.481 e. The number of hydrogen-bond donors (Lipinski definition) is 3. The molecule has 6 heteroatoms. The van der Waals surface area contributed by atoms with Gasteiger partial charge in [0.1, 0.15) is 0 Å². The standard InChI is InChI=1S/C15H20N2O4/c18-13(10-16-12-4-2-1-3-5-12)17-11-15(14(19)20)6-8-21-9-7-15/h1-5,16H,6-11H2,(H,17,18)(H,19,20). The van der Waals surface area contributed by atoms with Crippen LogP contribution in [0.5, 0.6) is 0 Å². The van der Waals surface area contributed by atoms with Crippen molar-refractivity contribution in [2.24, 2.45) is 5.41 Å². The number of para-hydroxylation sites is 1. The number of benzene rings is 1. The minimum atomic E-state index is -0.902. The number of aliphatic carboxylic acids is 1. The molecule has 1 aromatic carbocycles. The molecule has 0 atom stereocenters. The molecule has 0 bridgehead atoms. The highest BCUT2D eigenvalue weighted by Crippen LogP contribution is 2.29. The van der Waals surface area contributed by atoms with Crippen molar-refractivity contribution in [3.05, 3.63) is 30.3 Å². The van der Waals surface area contributed by atoms with E-state index in [1.807, 2.05) is 30.3 Å². The molecule has 3 N–H and O–H groups in total. The fourth-order valence-electron chi connectivity index (χ4n) is 2.30. The Balaban J connectivity index is 1.80. The minimum absolute atomic E-state index is 0.121. The topological polar surface area (TPSA) is 87.7 Å². The van der Waals surface area contributed by atoms with Crippen molar-refractivity contribution in [3.8, 4) is 0 Å². The highest BCUT2D eigenvalue weighted by Gasteiger charge is 2.40. The summed E-state index contributed by atoms with van der Waals surface area (Å²) in [5.74, 6) is -1.09. The van der Waals surface area contributed by atoms with Crippen LogP contribution in [-0.4, -0.2) is 43.3 Å². The van der Waals surface area contributed by atoms with Crippen LogP contribution in [0, 0.1) is 5.41 Å². The zero-order valence-corrected chi connectivity index (χ0v) is 11.8. The first-order valence-corrected chi connectivity index (χ1v) is 6.99. The van der Waals surface area contributed by atoms with Gasteiger partial charge in [0.05, 0.1) is 12.0 Å². The summed E-state index contributed by atoms with van der Waals surface area (Å²) in [5.41, 5.74) is -0.0487. The van der Waals surface area contributed by atoms with Crippen molar-refractivity contribution < 1.29 is 19.4 Å². The van der Waals surface area contributed by atoms with Gasteiger partial charge in [-0.1, -0.05) is 18.2 Å². The molecule has 1 aromatic rings. The molecule has 0 saturated carbocycles. The van der Waals surface area contributed by atoms with Gasteiger partial charge in [0.15, 0.2) is 0 Å². The van der Waals surface area contributed by atoms with Crippen LogP contribution in [0.15, 0.2) is 30.3 Å². The van der Waals surface area contributed by atoms with Crippen molar-refractivity contribution in [3.63, 3.8) is 0 Å². The molecule has 1 amide bonds. The predicted molar refractivity (Wildman–Crippen MR) is 78.1 cm³/mol. The summed E-state index contributed by atoms with van der Waals surface area (Å²) in [5, 5.41) is 15.1. The smallest absolute Gasteiger partial charge is 0.311 e. The summed E-state index contributed by atoms with van der Waals surface area (Å²) in [4.78, 5) is 23.3. The number of nitrogens with one attached hydrogen (secondary N) is 2. The van der Waals surface area contributed by atoms with Crippen molar-refractivity contribution >= 4 is 17.6 Å². The zero-order valence-electron chi connectivity index (χ0n) is 11.8.